The first-order chi connectivity index (χ1) is 30.8. The second-order valence-electron chi connectivity index (χ2n) is 17.0. The number of phenols is 3. The van der Waals surface area contributed by atoms with Gasteiger partial charge in [-0.1, -0.05) is 61.4 Å². The number of ketones is 2. The topological polar surface area (TPSA) is 268 Å². The van der Waals surface area contributed by atoms with Gasteiger partial charge in [-0.3, -0.25) is 9.59 Å². The maximum Gasteiger partial charge on any atom is 0.336 e. The predicted octanol–water partition coefficient (Wildman–Crippen LogP) is 3.55. The minimum Gasteiger partial charge on any atom is -0.504 e. The number of carboxylic acid groups (broad SMARTS) is 1. The molecule has 3 aromatic rings. The molecule has 2 saturated carbocycles. The number of nitrogens with one attached hydrogen (secondary N) is 1. The Morgan fingerprint density at radius 1 is 0.953 bits per heavy atom. The van der Waals surface area contributed by atoms with Crippen LogP contribution in [0.5, 0.6) is 23.0 Å². The fraction of sp³-hybridized carbons (Fsp3) is 0.479. The van der Waals surface area contributed by atoms with Crippen molar-refractivity contribution in [1.82, 2.24) is 5.32 Å². The van der Waals surface area contributed by atoms with E-state index in [9.17, 15) is 50.1 Å². The summed E-state index contributed by atoms with van der Waals surface area (Å²) in [4.78, 5) is 41.4. The molecule has 3 fully saturated rings. The molecule has 346 valence electrons. The molecule has 0 radical (unpaired) electrons. The number of phenolic OH excluding ortho intramolecular Hbond substituents is 3. The van der Waals surface area contributed by atoms with Crippen LogP contribution in [0.3, 0.4) is 0 Å². The molecule has 2 aliphatic carbocycles. The minimum absolute atomic E-state index is 0.0507. The largest absolute Gasteiger partial charge is 0.504 e. The molecule has 6 rings (SSSR count). The van der Waals surface area contributed by atoms with Crippen molar-refractivity contribution in [3.05, 3.63) is 95.1 Å². The van der Waals surface area contributed by atoms with Crippen molar-refractivity contribution in [1.29, 1.82) is 0 Å². The average Bonchev–Trinajstić information content (AvgIpc) is 3.80. The van der Waals surface area contributed by atoms with Gasteiger partial charge in [-0.25, -0.2) is 4.79 Å². The van der Waals surface area contributed by atoms with Crippen LogP contribution in [0.15, 0.2) is 72.8 Å². The molecule has 10 N–H and O–H groups in total. The molecule has 16 nitrogen and oxygen atoms in total. The molecule has 0 aromatic heterocycles. The van der Waals surface area contributed by atoms with Crippen molar-refractivity contribution in [2.75, 3.05) is 33.0 Å². The van der Waals surface area contributed by atoms with E-state index in [4.69, 9.17) is 24.7 Å². The first kappa shape index (κ1) is 48.3. The number of aliphatic carboxylic acids is 1. The number of hydrogen-bond donors (Lipinski definition) is 9. The normalized spacial score (nSPS) is 25.8. The number of carbonyl (C=O) groups is 3. The Morgan fingerprint density at radius 3 is 2.39 bits per heavy atom. The summed E-state index contributed by atoms with van der Waals surface area (Å²) in [5, 5.41) is 78.4. The summed E-state index contributed by atoms with van der Waals surface area (Å²) in [6.07, 6.45) is 4.58. The number of rotatable bonds is 20. The number of ether oxygens (including phenoxy) is 4. The van der Waals surface area contributed by atoms with Gasteiger partial charge in [0.1, 0.15) is 31.0 Å². The third-order valence-electron chi connectivity index (χ3n) is 12.5. The lowest BCUT2D eigenvalue weighted by Gasteiger charge is -2.56. The number of aryl methyl sites for hydroxylation is 1. The van der Waals surface area contributed by atoms with Crippen LogP contribution in [0.2, 0.25) is 0 Å². The van der Waals surface area contributed by atoms with E-state index in [0.29, 0.717) is 18.4 Å². The summed E-state index contributed by atoms with van der Waals surface area (Å²) < 4.78 is 25.0. The number of aliphatic hydroxyl groups excluding tert-OH is 3. The van der Waals surface area contributed by atoms with Crippen LogP contribution in [0.25, 0.3) is 12.2 Å². The van der Waals surface area contributed by atoms with E-state index < -0.39 is 97.3 Å². The predicted molar refractivity (Wildman–Crippen MR) is 234 cm³/mol. The van der Waals surface area contributed by atoms with Crippen molar-refractivity contribution < 1.29 is 69.1 Å². The Hall–Kier alpha value is -5.17. The van der Waals surface area contributed by atoms with Gasteiger partial charge >= 0.3 is 5.97 Å². The van der Waals surface area contributed by atoms with E-state index in [-0.39, 0.29) is 60.8 Å². The number of hydrogen-bond acceptors (Lipinski definition) is 15. The molecule has 64 heavy (non-hydrogen) atoms. The molecule has 16 heteroatoms. The van der Waals surface area contributed by atoms with Crippen molar-refractivity contribution in [3.8, 4) is 23.0 Å². The number of fused-ring (bicyclic) bond motifs is 1. The quantitative estimate of drug-likeness (QED) is 0.0580. The molecule has 1 aliphatic heterocycles. The van der Waals surface area contributed by atoms with Gasteiger partial charge in [0.15, 0.2) is 40.2 Å². The van der Waals surface area contributed by atoms with E-state index in [1.807, 2.05) is 30.3 Å². The van der Waals surface area contributed by atoms with Gasteiger partial charge in [0, 0.05) is 25.4 Å². The van der Waals surface area contributed by atoms with Crippen LogP contribution < -0.4 is 15.8 Å². The molecule has 0 spiro atoms. The van der Waals surface area contributed by atoms with Crippen LogP contribution in [0.1, 0.15) is 73.6 Å². The third kappa shape index (κ3) is 11.7. The zero-order valence-corrected chi connectivity index (χ0v) is 35.7. The van der Waals surface area contributed by atoms with Crippen molar-refractivity contribution in [2.45, 2.75) is 106 Å². The van der Waals surface area contributed by atoms with Gasteiger partial charge in [0.05, 0.1) is 32.0 Å². The van der Waals surface area contributed by atoms with Gasteiger partial charge in [-0.15, -0.1) is 0 Å². The second-order valence-corrected chi connectivity index (χ2v) is 17.0. The summed E-state index contributed by atoms with van der Waals surface area (Å²) in [6, 6.07) is 15.4. The van der Waals surface area contributed by atoms with E-state index in [2.05, 4.69) is 5.32 Å². The highest BCUT2D eigenvalue weighted by Gasteiger charge is 2.64. The minimum atomic E-state index is -2.28. The number of carboxylic acids is 1. The molecular formula is C48H60N2O14. The van der Waals surface area contributed by atoms with Gasteiger partial charge in [0.25, 0.3) is 0 Å². The fourth-order valence-electron chi connectivity index (χ4n) is 9.11. The van der Waals surface area contributed by atoms with Gasteiger partial charge < -0.3 is 65.7 Å². The highest BCUT2D eigenvalue weighted by Crippen LogP contribution is 2.47. The Kier molecular flexibility index (Phi) is 16.7. The van der Waals surface area contributed by atoms with Crippen LogP contribution in [0, 0.1) is 5.92 Å². The zero-order chi connectivity index (χ0) is 45.9. The average molecular weight is 889 g/mol. The summed E-state index contributed by atoms with van der Waals surface area (Å²) in [5.74, 6) is -3.87. The Balaban J connectivity index is 1.35. The number of carbonyl (C=O) groups excluding carboxylic acids is 2. The van der Waals surface area contributed by atoms with E-state index in [1.165, 1.54) is 48.6 Å². The van der Waals surface area contributed by atoms with E-state index >= 15 is 0 Å². The monoisotopic (exact) mass is 888 g/mol. The van der Waals surface area contributed by atoms with Gasteiger partial charge in [-0.05, 0) is 96.7 Å². The fourth-order valence-corrected chi connectivity index (χ4v) is 9.11. The third-order valence-corrected chi connectivity index (χ3v) is 12.5. The first-order valence-electron chi connectivity index (χ1n) is 21.8. The highest BCUT2D eigenvalue weighted by molar-refractivity contribution is 5.97. The molecule has 3 aromatic carbocycles. The second kappa shape index (κ2) is 22.1. The van der Waals surface area contributed by atoms with E-state index in [0.717, 1.165) is 31.2 Å². The summed E-state index contributed by atoms with van der Waals surface area (Å²) in [6.45, 7) is -1.36. The van der Waals surface area contributed by atoms with Crippen LogP contribution in [-0.2, 0) is 41.6 Å². The van der Waals surface area contributed by atoms with Crippen molar-refractivity contribution in [3.63, 3.8) is 0 Å². The van der Waals surface area contributed by atoms with Crippen LogP contribution >= 0.6 is 0 Å². The molecule has 0 unspecified atom stereocenters. The number of nitrogens with two attached hydrogens (primary N) is 1. The molecule has 1 heterocycles. The molecular weight excluding hydrogens is 829 g/mol. The SMILES string of the molecule is NCCOc1ccc(/C=C/C(=O)CO[C@@]2(C(=O)O)C[C@@H](O)[C@H]3OC[C@@H](CCc4ccccc4)C[C@@H](C(=O)/C=C/c4cc(O)c(O)cc4CO)O[C@]3([C@H](CO)NC3CCCC3)C2)cc1O. The number of aromatic hydroxyl groups is 3. The van der Waals surface area contributed by atoms with Gasteiger partial charge in [-0.2, -0.15) is 0 Å². The van der Waals surface area contributed by atoms with Crippen LogP contribution in [0.4, 0.5) is 0 Å². The van der Waals surface area contributed by atoms with Gasteiger partial charge in [0.2, 0.25) is 0 Å². The Bertz CT molecular complexity index is 2120. The number of benzene rings is 3. The van der Waals surface area contributed by atoms with Crippen LogP contribution in [-0.4, -0.2) is 128 Å². The smallest absolute Gasteiger partial charge is 0.336 e. The Morgan fingerprint density at radius 2 is 1.70 bits per heavy atom. The maximum absolute atomic E-state index is 14.5. The highest BCUT2D eigenvalue weighted by atomic mass is 16.6. The lowest BCUT2D eigenvalue weighted by Crippen LogP contribution is -2.74. The van der Waals surface area contributed by atoms with Crippen molar-refractivity contribution in [2.24, 2.45) is 11.7 Å². The molecule has 1 saturated heterocycles. The lowest BCUT2D eigenvalue weighted by atomic mass is 9.67. The standard InChI is InChI=1S/C48H60N2O14/c49-18-19-61-42-17-13-31(20-40(42)57)12-15-36(53)28-63-47(46(59)60)24-41(58)45-48(29-47,44(26-52)50-35-8-4-5-9-35)64-43(21-32(27-62-45)11-10-30-6-2-1-3-7-30)37(54)16-14-33-22-38(55)39(56)23-34(33)25-51/h1-3,6-7,12-17,20,22-23,32,35,41,43-45,50-52,55-58H,4-5,8-11,18-19,21,24-29,49H2,(H,59,60)/b15-12+,16-14+/t32-,41+,43-,44-,45+,47-,48-/m0/s1. The number of aliphatic hydroxyl groups is 3. The summed E-state index contributed by atoms with van der Waals surface area (Å²) in [7, 11) is 0. The zero-order valence-electron chi connectivity index (χ0n) is 35.7. The Labute approximate surface area is 371 Å². The lowest BCUT2D eigenvalue weighted by molar-refractivity contribution is -0.281. The van der Waals surface area contributed by atoms with E-state index in [1.54, 1.807) is 6.07 Å². The van der Waals surface area contributed by atoms with Crippen molar-refractivity contribution >= 4 is 29.7 Å². The first-order valence-corrected chi connectivity index (χ1v) is 21.8. The molecule has 3 aliphatic rings. The maximum atomic E-state index is 14.5. The molecule has 0 amide bonds. The summed E-state index contributed by atoms with van der Waals surface area (Å²) >= 11 is 0. The summed E-state index contributed by atoms with van der Waals surface area (Å²) in [5.41, 5.74) is 3.26. The molecule has 0 bridgehead atoms. The molecule has 7 atom stereocenters.